The quantitative estimate of drug-likeness (QED) is 0.828. The van der Waals surface area contributed by atoms with Crippen molar-refractivity contribution in [2.45, 2.75) is 6.54 Å². The highest BCUT2D eigenvalue weighted by atomic mass is 79.9. The van der Waals surface area contributed by atoms with Crippen molar-refractivity contribution < 1.29 is 18.7 Å². The molecule has 22 heavy (non-hydrogen) atoms. The first-order valence-corrected chi connectivity index (χ1v) is 7.28. The van der Waals surface area contributed by atoms with Crippen molar-refractivity contribution in [1.82, 2.24) is 5.32 Å². The zero-order valence-electron chi connectivity index (χ0n) is 11.5. The minimum Gasteiger partial charge on any atom is -0.452 e. The maximum atomic E-state index is 13.4. The Kier molecular flexibility index (Phi) is 5.66. The maximum absolute atomic E-state index is 13.4. The minimum atomic E-state index is -0.864. The number of halogens is 2. The van der Waals surface area contributed by atoms with E-state index in [4.69, 9.17) is 4.74 Å². The van der Waals surface area contributed by atoms with Gasteiger partial charge in [0.05, 0.1) is 5.56 Å². The number of carbonyl (C=O) groups is 2. The molecule has 0 spiro atoms. The molecule has 6 heteroatoms. The average molecular weight is 366 g/mol. The Morgan fingerprint density at radius 2 is 1.77 bits per heavy atom. The molecule has 0 bridgehead atoms. The van der Waals surface area contributed by atoms with E-state index in [1.165, 1.54) is 18.2 Å². The molecule has 1 N–H and O–H groups in total. The number of carbonyl (C=O) groups excluding carboxylic acids is 2. The molecular weight excluding hydrogens is 353 g/mol. The fourth-order valence-electron chi connectivity index (χ4n) is 1.69. The Morgan fingerprint density at radius 1 is 1.09 bits per heavy atom. The van der Waals surface area contributed by atoms with Crippen molar-refractivity contribution in [3.8, 4) is 0 Å². The van der Waals surface area contributed by atoms with E-state index in [1.807, 2.05) is 24.3 Å². The molecular formula is C16H13BrFNO3. The van der Waals surface area contributed by atoms with Gasteiger partial charge in [0.15, 0.2) is 6.61 Å². The number of amides is 1. The summed E-state index contributed by atoms with van der Waals surface area (Å²) in [7, 11) is 0. The van der Waals surface area contributed by atoms with Crippen LogP contribution in [0.15, 0.2) is 53.0 Å². The molecule has 0 unspecified atom stereocenters. The van der Waals surface area contributed by atoms with Crippen LogP contribution in [0.25, 0.3) is 0 Å². The van der Waals surface area contributed by atoms with Gasteiger partial charge in [-0.2, -0.15) is 0 Å². The van der Waals surface area contributed by atoms with Crippen molar-refractivity contribution >= 4 is 27.8 Å². The van der Waals surface area contributed by atoms with Crippen LogP contribution in [0.2, 0.25) is 0 Å². The Labute approximate surface area is 135 Å². The number of benzene rings is 2. The summed E-state index contributed by atoms with van der Waals surface area (Å²) in [4.78, 5) is 23.2. The van der Waals surface area contributed by atoms with Crippen molar-refractivity contribution in [1.29, 1.82) is 0 Å². The lowest BCUT2D eigenvalue weighted by Crippen LogP contribution is -2.28. The lowest BCUT2D eigenvalue weighted by Gasteiger charge is -2.07. The Balaban J connectivity index is 1.79. The van der Waals surface area contributed by atoms with Crippen LogP contribution in [0.1, 0.15) is 15.9 Å². The zero-order valence-corrected chi connectivity index (χ0v) is 13.1. The van der Waals surface area contributed by atoms with Crippen LogP contribution >= 0.6 is 15.9 Å². The van der Waals surface area contributed by atoms with E-state index in [-0.39, 0.29) is 5.56 Å². The van der Waals surface area contributed by atoms with Gasteiger partial charge in [-0.05, 0) is 29.8 Å². The van der Waals surface area contributed by atoms with Gasteiger partial charge >= 0.3 is 5.97 Å². The van der Waals surface area contributed by atoms with Crippen molar-refractivity contribution in [2.75, 3.05) is 6.61 Å². The molecule has 0 fully saturated rings. The normalized spacial score (nSPS) is 10.1. The third-order valence-corrected chi connectivity index (χ3v) is 3.36. The van der Waals surface area contributed by atoms with E-state index in [1.54, 1.807) is 0 Å². The monoisotopic (exact) mass is 365 g/mol. The van der Waals surface area contributed by atoms with Crippen molar-refractivity contribution in [3.05, 3.63) is 69.9 Å². The molecule has 0 aromatic heterocycles. The van der Waals surface area contributed by atoms with E-state index >= 15 is 0 Å². The first-order chi connectivity index (χ1) is 10.6. The summed E-state index contributed by atoms with van der Waals surface area (Å²) in [5, 5.41) is 2.61. The van der Waals surface area contributed by atoms with Gasteiger partial charge in [0, 0.05) is 11.0 Å². The van der Waals surface area contributed by atoms with E-state index in [0.717, 1.165) is 16.1 Å². The highest BCUT2D eigenvalue weighted by molar-refractivity contribution is 9.10. The molecule has 0 saturated heterocycles. The summed E-state index contributed by atoms with van der Waals surface area (Å²) in [6.45, 7) is -0.132. The van der Waals surface area contributed by atoms with Crippen LogP contribution in [-0.2, 0) is 16.1 Å². The number of nitrogens with one attached hydrogen (secondary N) is 1. The summed E-state index contributed by atoms with van der Waals surface area (Å²) in [6, 6.07) is 12.9. The standard InChI is InChI=1S/C16H13BrFNO3/c17-12-7-5-11(6-8-12)9-19-15(20)10-22-16(21)13-3-1-2-4-14(13)18/h1-8H,9-10H2,(H,19,20). The maximum Gasteiger partial charge on any atom is 0.341 e. The van der Waals surface area contributed by atoms with Crippen molar-refractivity contribution in [2.24, 2.45) is 0 Å². The number of hydrogen-bond donors (Lipinski definition) is 1. The molecule has 0 heterocycles. The minimum absolute atomic E-state index is 0.191. The first-order valence-electron chi connectivity index (χ1n) is 6.49. The second-order valence-corrected chi connectivity index (χ2v) is 5.37. The number of ether oxygens (including phenoxy) is 1. The summed E-state index contributed by atoms with van der Waals surface area (Å²) < 4.78 is 19.1. The molecule has 114 valence electrons. The lowest BCUT2D eigenvalue weighted by atomic mass is 10.2. The second kappa shape index (κ2) is 7.70. The van der Waals surface area contributed by atoms with Gasteiger partial charge in [0.25, 0.3) is 5.91 Å². The highest BCUT2D eigenvalue weighted by Gasteiger charge is 2.13. The van der Waals surface area contributed by atoms with Crippen molar-refractivity contribution in [3.63, 3.8) is 0 Å². The summed E-state index contributed by atoms with van der Waals surface area (Å²) in [5.41, 5.74) is 0.722. The van der Waals surface area contributed by atoms with Gasteiger partial charge in [-0.1, -0.05) is 40.2 Å². The third-order valence-electron chi connectivity index (χ3n) is 2.83. The van der Waals surface area contributed by atoms with Gasteiger partial charge in [-0.25, -0.2) is 9.18 Å². The smallest absolute Gasteiger partial charge is 0.341 e. The zero-order chi connectivity index (χ0) is 15.9. The van der Waals surface area contributed by atoms with E-state index in [9.17, 15) is 14.0 Å². The molecule has 1 amide bonds. The molecule has 4 nitrogen and oxygen atoms in total. The SMILES string of the molecule is O=C(COC(=O)c1ccccc1F)NCc1ccc(Br)cc1. The molecule has 2 aromatic rings. The van der Waals surface area contributed by atoms with Gasteiger partial charge in [-0.3, -0.25) is 4.79 Å². The van der Waals surface area contributed by atoms with Crippen LogP contribution < -0.4 is 5.32 Å². The Bertz CT molecular complexity index is 673. The molecule has 2 rings (SSSR count). The van der Waals surface area contributed by atoms with Gasteiger partial charge in [0.2, 0.25) is 0 Å². The largest absolute Gasteiger partial charge is 0.452 e. The van der Waals surface area contributed by atoms with E-state index in [2.05, 4.69) is 21.2 Å². The molecule has 0 aliphatic rings. The highest BCUT2D eigenvalue weighted by Crippen LogP contribution is 2.10. The predicted octanol–water partition coefficient (Wildman–Crippen LogP) is 3.06. The topological polar surface area (TPSA) is 55.4 Å². The third kappa shape index (κ3) is 4.66. The summed E-state index contributed by atoms with van der Waals surface area (Å²) in [6.07, 6.45) is 0. The van der Waals surface area contributed by atoms with Gasteiger partial charge in [-0.15, -0.1) is 0 Å². The second-order valence-electron chi connectivity index (χ2n) is 4.46. The van der Waals surface area contributed by atoms with Crippen LogP contribution in [0, 0.1) is 5.82 Å². The number of hydrogen-bond acceptors (Lipinski definition) is 3. The van der Waals surface area contributed by atoms with Crippen LogP contribution in [0.4, 0.5) is 4.39 Å². The molecule has 0 aliphatic carbocycles. The Hall–Kier alpha value is -2.21. The summed E-state index contributed by atoms with van der Waals surface area (Å²) >= 11 is 3.32. The summed E-state index contributed by atoms with van der Waals surface area (Å²) in [5.74, 6) is -1.99. The fraction of sp³-hybridized carbons (Fsp3) is 0.125. The molecule has 0 saturated carbocycles. The van der Waals surface area contributed by atoms with E-state index < -0.39 is 24.3 Å². The fourth-order valence-corrected chi connectivity index (χ4v) is 1.95. The molecule has 0 atom stereocenters. The first kappa shape index (κ1) is 16.2. The van der Waals surface area contributed by atoms with E-state index in [0.29, 0.717) is 6.54 Å². The van der Waals surface area contributed by atoms with Crippen LogP contribution in [0.5, 0.6) is 0 Å². The number of esters is 1. The molecule has 2 aromatic carbocycles. The number of rotatable bonds is 5. The predicted molar refractivity (Wildman–Crippen MR) is 82.7 cm³/mol. The van der Waals surface area contributed by atoms with Gasteiger partial charge < -0.3 is 10.1 Å². The van der Waals surface area contributed by atoms with Crippen LogP contribution in [0.3, 0.4) is 0 Å². The molecule has 0 radical (unpaired) electrons. The van der Waals surface area contributed by atoms with Crippen LogP contribution in [-0.4, -0.2) is 18.5 Å². The van der Waals surface area contributed by atoms with Gasteiger partial charge in [0.1, 0.15) is 5.82 Å². The lowest BCUT2D eigenvalue weighted by molar-refractivity contribution is -0.124. The Morgan fingerprint density at radius 3 is 2.45 bits per heavy atom. The molecule has 0 aliphatic heterocycles. The average Bonchev–Trinajstić information content (AvgIpc) is 2.52.